The van der Waals surface area contributed by atoms with Crippen molar-refractivity contribution in [2.45, 2.75) is 47.5 Å². The van der Waals surface area contributed by atoms with E-state index in [2.05, 4.69) is 13.8 Å². The van der Waals surface area contributed by atoms with Gasteiger partial charge in [0.05, 0.1) is 0 Å². The summed E-state index contributed by atoms with van der Waals surface area (Å²) in [5, 5.41) is 0. The van der Waals surface area contributed by atoms with Crippen LogP contribution in [0.25, 0.3) is 0 Å². The molecule has 1 aliphatic carbocycles. The smallest absolute Gasteiger partial charge is 0.156 e. The molecule has 0 radical (unpaired) electrons. The lowest BCUT2D eigenvalue weighted by Gasteiger charge is -2.27. The van der Waals surface area contributed by atoms with Crippen LogP contribution in [0, 0.1) is 5.41 Å². The van der Waals surface area contributed by atoms with E-state index in [0.717, 1.165) is 6.42 Å². The predicted molar refractivity (Wildman–Crippen MR) is 53.1 cm³/mol. The van der Waals surface area contributed by atoms with E-state index in [9.17, 15) is 4.79 Å². The van der Waals surface area contributed by atoms with Crippen LogP contribution in [-0.2, 0) is 4.79 Å². The van der Waals surface area contributed by atoms with Gasteiger partial charge >= 0.3 is 0 Å². The second-order valence-electron chi connectivity index (χ2n) is 3.97. The highest BCUT2D eigenvalue weighted by Gasteiger charge is 2.25. The lowest BCUT2D eigenvalue weighted by atomic mass is 9.77. The molecule has 0 unspecified atom stereocenters. The fraction of sp³-hybridized carbons (Fsp3) is 0.727. The van der Waals surface area contributed by atoms with Crippen molar-refractivity contribution in [3.63, 3.8) is 0 Å². The summed E-state index contributed by atoms with van der Waals surface area (Å²) in [6, 6.07) is 0. The molecule has 1 rings (SSSR count). The van der Waals surface area contributed by atoms with E-state index in [1.165, 1.54) is 5.57 Å². The van der Waals surface area contributed by atoms with E-state index >= 15 is 0 Å². The normalized spacial score (nSPS) is 20.8. The Morgan fingerprint density at radius 2 is 1.75 bits per heavy atom. The second-order valence-corrected chi connectivity index (χ2v) is 3.97. The van der Waals surface area contributed by atoms with E-state index in [0.29, 0.717) is 6.42 Å². The van der Waals surface area contributed by atoms with E-state index < -0.39 is 0 Å². The van der Waals surface area contributed by atoms with Crippen molar-refractivity contribution in [1.29, 1.82) is 0 Å². The van der Waals surface area contributed by atoms with Crippen LogP contribution in [0.15, 0.2) is 11.6 Å². The van der Waals surface area contributed by atoms with Gasteiger partial charge in [0.25, 0.3) is 0 Å². The number of rotatable bonds is 0. The maximum Gasteiger partial charge on any atom is 0.156 e. The first-order valence-corrected chi connectivity index (χ1v) is 4.70. The van der Waals surface area contributed by atoms with Crippen molar-refractivity contribution >= 4 is 5.78 Å². The van der Waals surface area contributed by atoms with Crippen molar-refractivity contribution in [3.8, 4) is 0 Å². The number of carbonyl (C=O) groups excluding carboxylic acids is 1. The Kier molecular flexibility index (Phi) is 4.22. The Bertz CT molecular complexity index is 187. The van der Waals surface area contributed by atoms with Gasteiger partial charge < -0.3 is 0 Å². The molecule has 0 fully saturated rings. The average Bonchev–Trinajstić information content (AvgIpc) is 1.85. The minimum absolute atomic E-state index is 0.204. The van der Waals surface area contributed by atoms with E-state index in [1.54, 1.807) is 6.08 Å². The third-order valence-electron chi connectivity index (χ3n) is 1.82. The van der Waals surface area contributed by atoms with Gasteiger partial charge in [-0.05, 0) is 24.8 Å². The largest absolute Gasteiger partial charge is 0.295 e. The predicted octanol–water partition coefficient (Wildman–Crippen LogP) is 3.35. The molecule has 1 heteroatoms. The molecule has 0 saturated heterocycles. The number of allylic oxidation sites excluding steroid dienone is 2. The molecular weight excluding hydrogens is 148 g/mol. The highest BCUT2D eigenvalue weighted by molar-refractivity contribution is 5.91. The standard InChI is InChI=1S/C9H14O.C2H6/c1-7-4-8(10)6-9(2,3)5-7;1-2/h4H,5-6H2,1-3H3;1-2H3. The Hall–Kier alpha value is -0.590. The molecule has 12 heavy (non-hydrogen) atoms. The number of hydrogen-bond donors (Lipinski definition) is 0. The highest BCUT2D eigenvalue weighted by atomic mass is 16.1. The minimum atomic E-state index is 0.204. The molecule has 0 amide bonds. The number of hydrogen-bond acceptors (Lipinski definition) is 1. The van der Waals surface area contributed by atoms with Crippen molar-refractivity contribution < 1.29 is 4.79 Å². The molecule has 1 nitrogen and oxygen atoms in total. The molecule has 1 aliphatic rings. The van der Waals surface area contributed by atoms with Crippen LogP contribution in [0.1, 0.15) is 47.5 Å². The highest BCUT2D eigenvalue weighted by Crippen LogP contribution is 2.32. The van der Waals surface area contributed by atoms with E-state index in [4.69, 9.17) is 0 Å². The molecular formula is C11H20O. The molecule has 0 atom stereocenters. The Labute approximate surface area is 75.9 Å². The number of ketones is 1. The van der Waals surface area contributed by atoms with Crippen LogP contribution in [0.3, 0.4) is 0 Å². The van der Waals surface area contributed by atoms with Crippen LogP contribution in [0.4, 0.5) is 0 Å². The first-order chi connectivity index (χ1) is 5.49. The zero-order valence-corrected chi connectivity index (χ0v) is 8.90. The van der Waals surface area contributed by atoms with Crippen LogP contribution in [0.5, 0.6) is 0 Å². The summed E-state index contributed by atoms with van der Waals surface area (Å²) in [6.07, 6.45) is 3.55. The van der Waals surface area contributed by atoms with Gasteiger partial charge in [-0.1, -0.05) is 33.3 Å². The van der Waals surface area contributed by atoms with Gasteiger partial charge in [-0.2, -0.15) is 0 Å². The summed E-state index contributed by atoms with van der Waals surface area (Å²) in [4.78, 5) is 11.0. The Balaban J connectivity index is 0.000000561. The summed E-state index contributed by atoms with van der Waals surface area (Å²) in [6.45, 7) is 10.3. The number of carbonyl (C=O) groups is 1. The van der Waals surface area contributed by atoms with Crippen LogP contribution >= 0.6 is 0 Å². The first-order valence-electron chi connectivity index (χ1n) is 4.70. The molecule has 0 N–H and O–H groups in total. The average molecular weight is 168 g/mol. The third kappa shape index (κ3) is 3.70. The molecule has 0 aromatic rings. The van der Waals surface area contributed by atoms with Gasteiger partial charge in [-0.15, -0.1) is 0 Å². The van der Waals surface area contributed by atoms with Gasteiger partial charge in [0.2, 0.25) is 0 Å². The molecule has 0 aliphatic heterocycles. The van der Waals surface area contributed by atoms with Crippen molar-refractivity contribution in [2.75, 3.05) is 0 Å². The summed E-state index contributed by atoms with van der Waals surface area (Å²) in [5.41, 5.74) is 1.43. The monoisotopic (exact) mass is 168 g/mol. The van der Waals surface area contributed by atoms with Crippen LogP contribution in [0.2, 0.25) is 0 Å². The van der Waals surface area contributed by atoms with E-state index in [1.807, 2.05) is 20.8 Å². The second kappa shape index (κ2) is 4.44. The fourth-order valence-corrected chi connectivity index (χ4v) is 1.67. The van der Waals surface area contributed by atoms with Gasteiger partial charge in [0.1, 0.15) is 0 Å². The lowest BCUT2D eigenvalue weighted by molar-refractivity contribution is -0.117. The van der Waals surface area contributed by atoms with Gasteiger partial charge in [0.15, 0.2) is 5.78 Å². The molecule has 0 spiro atoms. The van der Waals surface area contributed by atoms with Gasteiger partial charge in [0, 0.05) is 6.42 Å². The lowest BCUT2D eigenvalue weighted by Crippen LogP contribution is -2.20. The van der Waals surface area contributed by atoms with Crippen LogP contribution in [-0.4, -0.2) is 5.78 Å². The Morgan fingerprint density at radius 1 is 1.25 bits per heavy atom. The molecule has 70 valence electrons. The van der Waals surface area contributed by atoms with E-state index in [-0.39, 0.29) is 11.2 Å². The van der Waals surface area contributed by atoms with Gasteiger partial charge in [-0.25, -0.2) is 0 Å². The molecule has 0 aromatic carbocycles. The SMILES string of the molecule is CC.CC1=CC(=O)CC(C)(C)C1. The third-order valence-corrected chi connectivity index (χ3v) is 1.82. The summed E-state index contributed by atoms with van der Waals surface area (Å²) < 4.78 is 0. The topological polar surface area (TPSA) is 17.1 Å². The van der Waals surface area contributed by atoms with Crippen molar-refractivity contribution in [2.24, 2.45) is 5.41 Å². The van der Waals surface area contributed by atoms with Gasteiger partial charge in [-0.3, -0.25) is 4.79 Å². The minimum Gasteiger partial charge on any atom is -0.295 e. The quantitative estimate of drug-likeness (QED) is 0.542. The maximum absolute atomic E-state index is 11.0. The summed E-state index contributed by atoms with van der Waals surface area (Å²) in [5.74, 6) is 0.286. The maximum atomic E-state index is 11.0. The molecule has 0 aromatic heterocycles. The zero-order valence-electron chi connectivity index (χ0n) is 8.90. The molecule has 0 saturated carbocycles. The zero-order chi connectivity index (χ0) is 9.78. The first kappa shape index (κ1) is 11.4. The van der Waals surface area contributed by atoms with Crippen molar-refractivity contribution in [1.82, 2.24) is 0 Å². The summed E-state index contributed by atoms with van der Waals surface area (Å²) >= 11 is 0. The fourth-order valence-electron chi connectivity index (χ4n) is 1.67. The van der Waals surface area contributed by atoms with Crippen molar-refractivity contribution in [3.05, 3.63) is 11.6 Å². The van der Waals surface area contributed by atoms with Crippen LogP contribution < -0.4 is 0 Å². The molecule has 0 heterocycles. The Morgan fingerprint density at radius 3 is 2.08 bits per heavy atom. The summed E-state index contributed by atoms with van der Waals surface area (Å²) in [7, 11) is 0. The molecule has 0 bridgehead atoms.